The Morgan fingerprint density at radius 1 is 0.963 bits per heavy atom. The first-order chi connectivity index (χ1) is 13.0. The Morgan fingerprint density at radius 3 is 2.56 bits per heavy atom. The molecule has 3 aromatic rings. The van der Waals surface area contributed by atoms with Crippen molar-refractivity contribution in [2.45, 2.75) is 37.1 Å². The molecule has 2 heterocycles. The first kappa shape index (κ1) is 18.2. The molecular formula is C19H19BrN4O2S. The summed E-state index contributed by atoms with van der Waals surface area (Å²) in [6, 6.07) is 13.9. The topological polar surface area (TPSA) is 76.9 Å². The summed E-state index contributed by atoms with van der Waals surface area (Å²) in [7, 11) is -3.70. The molecule has 0 amide bonds. The van der Waals surface area contributed by atoms with Crippen molar-refractivity contribution in [3.63, 3.8) is 0 Å². The number of fused-ring (bicyclic) bond motifs is 1. The average Bonchev–Trinajstić information content (AvgIpc) is 2.90. The van der Waals surface area contributed by atoms with Crippen molar-refractivity contribution in [1.29, 1.82) is 0 Å². The quantitative estimate of drug-likeness (QED) is 0.649. The molecule has 8 heteroatoms. The van der Waals surface area contributed by atoms with Gasteiger partial charge in [-0.15, -0.1) is 10.2 Å². The highest BCUT2D eigenvalue weighted by Gasteiger charge is 2.21. The Kier molecular flexibility index (Phi) is 5.01. The number of aromatic nitrogens is 3. The van der Waals surface area contributed by atoms with Crippen LogP contribution >= 0.6 is 15.9 Å². The summed E-state index contributed by atoms with van der Waals surface area (Å²) >= 11 is 3.32. The first-order valence-corrected chi connectivity index (χ1v) is 11.1. The van der Waals surface area contributed by atoms with Gasteiger partial charge in [-0.2, -0.15) is 0 Å². The van der Waals surface area contributed by atoms with Gasteiger partial charge in [-0.1, -0.05) is 34.5 Å². The SMILES string of the molecule is O=S(=O)(Nc1ccccc1-c1nnc2n1CCCCC2)c1ccc(Br)cc1. The molecule has 0 bridgehead atoms. The summed E-state index contributed by atoms with van der Waals surface area (Å²) in [6.07, 6.45) is 4.25. The zero-order valence-electron chi connectivity index (χ0n) is 14.6. The molecule has 6 nitrogen and oxygen atoms in total. The van der Waals surface area contributed by atoms with Crippen LogP contribution < -0.4 is 4.72 Å². The minimum Gasteiger partial charge on any atom is -0.311 e. The van der Waals surface area contributed by atoms with Crippen LogP contribution in [0, 0.1) is 0 Å². The van der Waals surface area contributed by atoms with Gasteiger partial charge in [0.25, 0.3) is 10.0 Å². The van der Waals surface area contributed by atoms with E-state index >= 15 is 0 Å². The molecule has 0 fully saturated rings. The number of nitrogens with one attached hydrogen (secondary N) is 1. The monoisotopic (exact) mass is 446 g/mol. The Balaban J connectivity index is 1.72. The smallest absolute Gasteiger partial charge is 0.261 e. The summed E-state index contributed by atoms with van der Waals surface area (Å²) in [5.74, 6) is 1.68. The maximum absolute atomic E-state index is 12.8. The Bertz CT molecular complexity index is 1060. The molecule has 0 spiro atoms. The van der Waals surface area contributed by atoms with E-state index in [0.29, 0.717) is 11.5 Å². The molecule has 1 N–H and O–H groups in total. The highest BCUT2D eigenvalue weighted by molar-refractivity contribution is 9.10. The van der Waals surface area contributed by atoms with E-state index in [2.05, 4.69) is 35.4 Å². The number of rotatable bonds is 4. The molecule has 0 unspecified atom stereocenters. The lowest BCUT2D eigenvalue weighted by Crippen LogP contribution is -2.14. The number of benzene rings is 2. The van der Waals surface area contributed by atoms with Crippen LogP contribution in [0.15, 0.2) is 57.9 Å². The fourth-order valence-electron chi connectivity index (χ4n) is 3.27. The van der Waals surface area contributed by atoms with Crippen LogP contribution in [0.4, 0.5) is 5.69 Å². The van der Waals surface area contributed by atoms with Gasteiger partial charge in [0.2, 0.25) is 0 Å². The van der Waals surface area contributed by atoms with Crippen LogP contribution in [0.2, 0.25) is 0 Å². The van der Waals surface area contributed by atoms with Gasteiger partial charge in [0, 0.05) is 23.0 Å². The number of hydrogen-bond acceptors (Lipinski definition) is 4. The van der Waals surface area contributed by atoms with Gasteiger partial charge in [-0.25, -0.2) is 8.42 Å². The first-order valence-electron chi connectivity index (χ1n) is 8.84. The molecule has 4 rings (SSSR count). The predicted molar refractivity (Wildman–Crippen MR) is 108 cm³/mol. The minimum absolute atomic E-state index is 0.209. The molecule has 1 aliphatic heterocycles. The third kappa shape index (κ3) is 3.77. The second kappa shape index (κ2) is 7.44. The molecular weight excluding hydrogens is 428 g/mol. The van der Waals surface area contributed by atoms with Gasteiger partial charge < -0.3 is 4.57 Å². The van der Waals surface area contributed by atoms with E-state index in [-0.39, 0.29) is 4.90 Å². The minimum atomic E-state index is -3.70. The van der Waals surface area contributed by atoms with Crippen molar-refractivity contribution in [2.75, 3.05) is 4.72 Å². The summed E-state index contributed by atoms with van der Waals surface area (Å²) in [4.78, 5) is 0.209. The van der Waals surface area contributed by atoms with Gasteiger partial charge in [-0.3, -0.25) is 4.72 Å². The van der Waals surface area contributed by atoms with Crippen molar-refractivity contribution in [3.8, 4) is 11.4 Å². The summed E-state index contributed by atoms with van der Waals surface area (Å²) in [6.45, 7) is 0.853. The number of sulfonamides is 1. The average molecular weight is 447 g/mol. The van der Waals surface area contributed by atoms with Crippen molar-refractivity contribution in [3.05, 3.63) is 58.8 Å². The maximum atomic E-state index is 12.8. The highest BCUT2D eigenvalue weighted by atomic mass is 79.9. The summed E-state index contributed by atoms with van der Waals surface area (Å²) in [5.41, 5.74) is 1.23. The molecule has 0 saturated heterocycles. The number of nitrogens with zero attached hydrogens (tertiary/aromatic N) is 3. The molecule has 0 saturated carbocycles. The maximum Gasteiger partial charge on any atom is 0.261 e. The highest BCUT2D eigenvalue weighted by Crippen LogP contribution is 2.30. The number of halogens is 1. The van der Waals surface area contributed by atoms with E-state index in [1.54, 1.807) is 30.3 Å². The fourth-order valence-corrected chi connectivity index (χ4v) is 4.61. The van der Waals surface area contributed by atoms with E-state index < -0.39 is 10.0 Å². The van der Waals surface area contributed by atoms with Crippen molar-refractivity contribution >= 4 is 31.6 Å². The van der Waals surface area contributed by atoms with Crippen LogP contribution in [-0.2, 0) is 23.0 Å². The van der Waals surface area contributed by atoms with Crippen molar-refractivity contribution in [1.82, 2.24) is 14.8 Å². The zero-order valence-corrected chi connectivity index (χ0v) is 17.0. The van der Waals surface area contributed by atoms with Gasteiger partial charge in [0.1, 0.15) is 5.82 Å². The van der Waals surface area contributed by atoms with E-state index in [9.17, 15) is 8.42 Å². The normalized spacial score (nSPS) is 14.4. The second-order valence-corrected chi connectivity index (χ2v) is 9.11. The van der Waals surface area contributed by atoms with E-state index in [4.69, 9.17) is 0 Å². The van der Waals surface area contributed by atoms with Gasteiger partial charge in [-0.05, 0) is 49.2 Å². The van der Waals surface area contributed by atoms with Crippen LogP contribution in [0.25, 0.3) is 11.4 Å². The Labute approximate surface area is 166 Å². The van der Waals surface area contributed by atoms with Crippen LogP contribution in [0.1, 0.15) is 25.1 Å². The van der Waals surface area contributed by atoms with Crippen LogP contribution in [-0.4, -0.2) is 23.2 Å². The van der Waals surface area contributed by atoms with Gasteiger partial charge in [0.15, 0.2) is 5.82 Å². The second-order valence-electron chi connectivity index (χ2n) is 6.51. The Hall–Kier alpha value is -2.19. The molecule has 1 aromatic heterocycles. The third-order valence-electron chi connectivity index (χ3n) is 4.65. The number of aryl methyl sites for hydroxylation is 1. The van der Waals surface area contributed by atoms with E-state index in [1.165, 1.54) is 6.42 Å². The molecule has 0 aliphatic carbocycles. The Morgan fingerprint density at radius 2 is 1.74 bits per heavy atom. The molecule has 140 valence electrons. The largest absolute Gasteiger partial charge is 0.311 e. The van der Waals surface area contributed by atoms with Gasteiger partial charge >= 0.3 is 0 Å². The van der Waals surface area contributed by atoms with E-state index in [1.807, 2.05) is 18.2 Å². The third-order valence-corrected chi connectivity index (χ3v) is 6.56. The molecule has 0 atom stereocenters. The van der Waals surface area contributed by atoms with Crippen molar-refractivity contribution in [2.24, 2.45) is 0 Å². The molecule has 27 heavy (non-hydrogen) atoms. The van der Waals surface area contributed by atoms with Gasteiger partial charge in [0.05, 0.1) is 10.6 Å². The lowest BCUT2D eigenvalue weighted by molar-refractivity contribution is 0.601. The zero-order chi connectivity index (χ0) is 18.9. The molecule has 1 aliphatic rings. The lowest BCUT2D eigenvalue weighted by Gasteiger charge is -2.13. The van der Waals surface area contributed by atoms with E-state index in [0.717, 1.165) is 41.7 Å². The predicted octanol–water partition coefficient (Wildman–Crippen LogP) is 4.23. The lowest BCUT2D eigenvalue weighted by atomic mass is 10.1. The van der Waals surface area contributed by atoms with Crippen molar-refractivity contribution < 1.29 is 8.42 Å². The molecule has 0 radical (unpaired) electrons. The summed E-state index contributed by atoms with van der Waals surface area (Å²) < 4.78 is 31.3. The number of para-hydroxylation sites is 1. The van der Waals surface area contributed by atoms with Crippen LogP contribution in [0.5, 0.6) is 0 Å². The van der Waals surface area contributed by atoms with Crippen LogP contribution in [0.3, 0.4) is 0 Å². The number of anilines is 1. The summed E-state index contributed by atoms with van der Waals surface area (Å²) in [5, 5.41) is 8.69. The number of hydrogen-bond donors (Lipinski definition) is 1. The standard InChI is InChI=1S/C19H19BrN4O2S/c20-14-9-11-15(12-10-14)27(25,26)23-17-7-4-3-6-16(17)19-22-21-18-8-2-1-5-13-24(18)19/h3-4,6-7,9-12,23H,1-2,5,8,13H2. The fraction of sp³-hybridized carbons (Fsp3) is 0.263. The molecule has 2 aromatic carbocycles.